The molecule has 0 fully saturated rings. The van der Waals surface area contributed by atoms with Crippen molar-refractivity contribution in [1.82, 2.24) is 5.16 Å². The van der Waals surface area contributed by atoms with Crippen molar-refractivity contribution in [1.29, 1.82) is 0 Å². The third-order valence-electron chi connectivity index (χ3n) is 3.81. The van der Waals surface area contributed by atoms with E-state index >= 15 is 0 Å². The second-order valence-corrected chi connectivity index (χ2v) is 7.09. The lowest BCUT2D eigenvalue weighted by molar-refractivity contribution is -0.144. The second-order valence-electron chi connectivity index (χ2n) is 6.17. The zero-order valence-electron chi connectivity index (χ0n) is 15.2. The lowest BCUT2D eigenvalue weighted by Gasteiger charge is -2.14. The van der Waals surface area contributed by atoms with E-state index in [4.69, 9.17) is 18.7 Å². The molecule has 26 heavy (non-hydrogen) atoms. The SMILES string of the molecule is COC(=O)C(c1cc(OCCCCOc2ccc(Br)cc2)no1)C(C)C. The van der Waals surface area contributed by atoms with E-state index < -0.39 is 5.92 Å². The standard InChI is InChI=1S/C19H24BrNO5/c1-13(2)18(19(22)23-3)16-12-17(21-26-16)25-11-5-4-10-24-15-8-6-14(20)7-9-15/h6-9,12-13,18H,4-5,10-11H2,1-3H3. The topological polar surface area (TPSA) is 70.8 Å². The number of benzene rings is 1. The summed E-state index contributed by atoms with van der Waals surface area (Å²) in [5, 5.41) is 3.87. The number of unbranched alkanes of at least 4 members (excludes halogenated alkanes) is 1. The number of carbonyl (C=O) groups excluding carboxylic acids is 1. The zero-order valence-corrected chi connectivity index (χ0v) is 16.8. The van der Waals surface area contributed by atoms with Gasteiger partial charge in [0.25, 0.3) is 5.88 Å². The van der Waals surface area contributed by atoms with Gasteiger partial charge in [0.15, 0.2) is 5.76 Å². The van der Waals surface area contributed by atoms with Gasteiger partial charge < -0.3 is 18.7 Å². The number of methoxy groups -OCH3 is 1. The largest absolute Gasteiger partial charge is 0.494 e. The van der Waals surface area contributed by atoms with Gasteiger partial charge in [-0.1, -0.05) is 29.8 Å². The summed E-state index contributed by atoms with van der Waals surface area (Å²) in [4.78, 5) is 11.9. The Hall–Kier alpha value is -2.02. The molecule has 0 amide bonds. The molecule has 0 N–H and O–H groups in total. The van der Waals surface area contributed by atoms with Gasteiger partial charge in [-0.3, -0.25) is 4.79 Å². The summed E-state index contributed by atoms with van der Waals surface area (Å²) in [6.07, 6.45) is 1.68. The fourth-order valence-corrected chi connectivity index (χ4v) is 2.70. The van der Waals surface area contributed by atoms with Gasteiger partial charge in [-0.2, -0.15) is 0 Å². The molecule has 2 aromatic rings. The summed E-state index contributed by atoms with van der Waals surface area (Å²) in [7, 11) is 1.36. The summed E-state index contributed by atoms with van der Waals surface area (Å²) < 4.78 is 22.3. The van der Waals surface area contributed by atoms with Gasteiger partial charge in [-0.25, -0.2) is 0 Å². The molecule has 0 spiro atoms. The Kier molecular flexibility index (Phi) is 7.97. The van der Waals surface area contributed by atoms with Gasteiger partial charge in [0.1, 0.15) is 11.7 Å². The number of carbonyl (C=O) groups is 1. The van der Waals surface area contributed by atoms with E-state index in [0.29, 0.717) is 24.9 Å². The van der Waals surface area contributed by atoms with Crippen molar-refractivity contribution in [2.45, 2.75) is 32.6 Å². The van der Waals surface area contributed by atoms with Crippen molar-refractivity contribution in [3.8, 4) is 11.6 Å². The van der Waals surface area contributed by atoms with Crippen molar-refractivity contribution < 1.29 is 23.5 Å². The Labute approximate surface area is 161 Å². The molecule has 0 saturated heterocycles. The maximum absolute atomic E-state index is 11.9. The van der Waals surface area contributed by atoms with Crippen molar-refractivity contribution in [3.05, 3.63) is 40.6 Å². The van der Waals surface area contributed by atoms with Crippen LogP contribution in [0.15, 0.2) is 39.3 Å². The van der Waals surface area contributed by atoms with E-state index in [1.54, 1.807) is 6.07 Å². The van der Waals surface area contributed by atoms with Crippen molar-refractivity contribution >= 4 is 21.9 Å². The summed E-state index contributed by atoms with van der Waals surface area (Å²) >= 11 is 3.39. The van der Waals surface area contributed by atoms with Crippen LogP contribution in [-0.2, 0) is 9.53 Å². The molecule has 0 radical (unpaired) electrons. The minimum Gasteiger partial charge on any atom is -0.494 e. The van der Waals surface area contributed by atoms with Crippen molar-refractivity contribution in [3.63, 3.8) is 0 Å². The van der Waals surface area contributed by atoms with Gasteiger partial charge in [0.2, 0.25) is 0 Å². The van der Waals surface area contributed by atoms with E-state index in [0.717, 1.165) is 23.1 Å². The molecule has 1 aromatic carbocycles. The molecule has 1 aromatic heterocycles. The molecule has 1 unspecified atom stereocenters. The van der Waals surface area contributed by atoms with Crippen molar-refractivity contribution in [2.75, 3.05) is 20.3 Å². The fraction of sp³-hybridized carbons (Fsp3) is 0.474. The number of halogens is 1. The molecule has 2 rings (SSSR count). The normalized spacial score (nSPS) is 12.0. The molecular formula is C19H24BrNO5. The van der Waals surface area contributed by atoms with Gasteiger partial charge in [0, 0.05) is 10.5 Å². The number of esters is 1. The van der Waals surface area contributed by atoms with E-state index in [-0.39, 0.29) is 11.9 Å². The Morgan fingerprint density at radius 3 is 2.42 bits per heavy atom. The number of nitrogens with zero attached hydrogens (tertiary/aromatic N) is 1. The second kappa shape index (κ2) is 10.2. The quantitative estimate of drug-likeness (QED) is 0.409. The first-order valence-electron chi connectivity index (χ1n) is 8.57. The Morgan fingerprint density at radius 2 is 1.81 bits per heavy atom. The summed E-state index contributed by atoms with van der Waals surface area (Å²) in [5.74, 6) is 0.901. The number of hydrogen-bond acceptors (Lipinski definition) is 6. The third kappa shape index (κ3) is 6.05. The minimum atomic E-state index is -0.482. The van der Waals surface area contributed by atoms with Crippen LogP contribution in [0.3, 0.4) is 0 Å². The van der Waals surface area contributed by atoms with Crippen LogP contribution in [0.4, 0.5) is 0 Å². The van der Waals surface area contributed by atoms with Crippen LogP contribution in [-0.4, -0.2) is 31.4 Å². The zero-order chi connectivity index (χ0) is 18.9. The van der Waals surface area contributed by atoms with Crippen LogP contribution in [0.25, 0.3) is 0 Å². The van der Waals surface area contributed by atoms with E-state index in [9.17, 15) is 4.79 Å². The number of ether oxygens (including phenoxy) is 3. The van der Waals surface area contributed by atoms with Crippen LogP contribution in [0.1, 0.15) is 38.4 Å². The molecule has 7 heteroatoms. The Bertz CT molecular complexity index is 683. The maximum atomic E-state index is 11.9. The molecule has 6 nitrogen and oxygen atoms in total. The summed E-state index contributed by atoms with van der Waals surface area (Å²) in [6, 6.07) is 9.38. The number of hydrogen-bond donors (Lipinski definition) is 0. The van der Waals surface area contributed by atoms with Gasteiger partial charge in [-0.05, 0) is 48.2 Å². The van der Waals surface area contributed by atoms with Gasteiger partial charge in [0.05, 0.1) is 20.3 Å². The Balaban J connectivity index is 1.70. The first kappa shape index (κ1) is 20.3. The van der Waals surface area contributed by atoms with E-state index in [2.05, 4.69) is 21.1 Å². The first-order chi connectivity index (χ1) is 12.5. The van der Waals surface area contributed by atoms with Crippen LogP contribution in [0.2, 0.25) is 0 Å². The predicted octanol–water partition coefficient (Wildman–Crippen LogP) is 4.59. The number of aromatic nitrogens is 1. The monoisotopic (exact) mass is 425 g/mol. The molecule has 0 bridgehead atoms. The van der Waals surface area contributed by atoms with Crippen LogP contribution < -0.4 is 9.47 Å². The molecule has 1 atom stereocenters. The highest BCUT2D eigenvalue weighted by Crippen LogP contribution is 2.28. The smallest absolute Gasteiger partial charge is 0.316 e. The average Bonchev–Trinajstić information content (AvgIpc) is 3.07. The lowest BCUT2D eigenvalue weighted by Crippen LogP contribution is -2.19. The minimum absolute atomic E-state index is 0.0407. The van der Waals surface area contributed by atoms with Crippen LogP contribution in [0.5, 0.6) is 11.6 Å². The summed E-state index contributed by atoms with van der Waals surface area (Å²) in [6.45, 7) is 4.97. The van der Waals surface area contributed by atoms with Gasteiger partial charge >= 0.3 is 5.97 Å². The predicted molar refractivity (Wildman–Crippen MR) is 100 cm³/mol. The average molecular weight is 426 g/mol. The van der Waals surface area contributed by atoms with E-state index in [1.807, 2.05) is 38.1 Å². The fourth-order valence-electron chi connectivity index (χ4n) is 2.43. The molecule has 142 valence electrons. The first-order valence-corrected chi connectivity index (χ1v) is 9.36. The van der Waals surface area contributed by atoms with Crippen molar-refractivity contribution in [2.24, 2.45) is 5.92 Å². The van der Waals surface area contributed by atoms with Crippen LogP contribution in [0, 0.1) is 5.92 Å². The highest BCUT2D eigenvalue weighted by Gasteiger charge is 2.29. The molecule has 1 heterocycles. The Morgan fingerprint density at radius 1 is 1.15 bits per heavy atom. The molecule has 0 aliphatic carbocycles. The van der Waals surface area contributed by atoms with Crippen LogP contribution >= 0.6 is 15.9 Å². The summed E-state index contributed by atoms with van der Waals surface area (Å²) in [5.41, 5.74) is 0. The molecule has 0 saturated carbocycles. The van der Waals surface area contributed by atoms with Gasteiger partial charge in [-0.15, -0.1) is 0 Å². The molecule has 0 aliphatic heterocycles. The third-order valence-corrected chi connectivity index (χ3v) is 4.33. The highest BCUT2D eigenvalue weighted by molar-refractivity contribution is 9.10. The number of rotatable bonds is 10. The highest BCUT2D eigenvalue weighted by atomic mass is 79.9. The molecule has 0 aliphatic rings. The maximum Gasteiger partial charge on any atom is 0.316 e. The lowest BCUT2D eigenvalue weighted by atomic mass is 9.93. The van der Waals surface area contributed by atoms with E-state index in [1.165, 1.54) is 7.11 Å². The molecular weight excluding hydrogens is 402 g/mol.